The second-order valence-corrected chi connectivity index (χ2v) is 4.38. The highest BCUT2D eigenvalue weighted by molar-refractivity contribution is 5.24. The van der Waals surface area contributed by atoms with Gasteiger partial charge < -0.3 is 9.47 Å². The molecule has 2 rings (SSSR count). The van der Waals surface area contributed by atoms with Crippen molar-refractivity contribution in [2.45, 2.75) is 25.0 Å². The van der Waals surface area contributed by atoms with E-state index >= 15 is 0 Å². The van der Waals surface area contributed by atoms with Gasteiger partial charge in [0.2, 0.25) is 0 Å². The maximum Gasteiger partial charge on any atom is 0.103 e. The summed E-state index contributed by atoms with van der Waals surface area (Å²) in [5.74, 6) is 5.69. The molecule has 0 fully saturated rings. The highest BCUT2D eigenvalue weighted by Gasteiger charge is 2.26. The Morgan fingerprint density at radius 2 is 2.11 bits per heavy atom. The molecule has 0 bridgehead atoms. The Kier molecular flexibility index (Phi) is 4.75. The summed E-state index contributed by atoms with van der Waals surface area (Å²) >= 11 is 0. The van der Waals surface area contributed by atoms with Gasteiger partial charge in [-0.05, 0) is 24.0 Å². The standard InChI is InChI=1S/C14H20N2O2/c1-17-14(11-6-3-2-4-7-11)13(16-15)12-8-5-9-18-10-12/h2-4,6-7,10,13-14,16H,5,8-9,15H2,1H3. The molecule has 1 aromatic carbocycles. The molecule has 0 saturated carbocycles. The van der Waals surface area contributed by atoms with E-state index in [1.54, 1.807) is 7.11 Å². The molecule has 1 aromatic rings. The highest BCUT2D eigenvalue weighted by atomic mass is 16.5. The van der Waals surface area contributed by atoms with Crippen molar-refractivity contribution in [1.82, 2.24) is 5.43 Å². The van der Waals surface area contributed by atoms with Gasteiger partial charge >= 0.3 is 0 Å². The van der Waals surface area contributed by atoms with E-state index in [0.29, 0.717) is 0 Å². The van der Waals surface area contributed by atoms with Gasteiger partial charge in [-0.15, -0.1) is 0 Å². The van der Waals surface area contributed by atoms with Crippen LogP contribution in [0.3, 0.4) is 0 Å². The fraction of sp³-hybridized carbons (Fsp3) is 0.429. The summed E-state index contributed by atoms with van der Waals surface area (Å²) in [6.07, 6.45) is 3.71. The number of hydrogen-bond donors (Lipinski definition) is 2. The molecule has 2 unspecified atom stereocenters. The van der Waals surface area contributed by atoms with E-state index in [9.17, 15) is 0 Å². The Hall–Kier alpha value is -1.36. The molecule has 0 amide bonds. The third-order valence-corrected chi connectivity index (χ3v) is 3.23. The molecular formula is C14H20N2O2. The van der Waals surface area contributed by atoms with Gasteiger partial charge in [-0.3, -0.25) is 11.3 Å². The fourth-order valence-electron chi connectivity index (χ4n) is 2.31. The third-order valence-electron chi connectivity index (χ3n) is 3.23. The minimum absolute atomic E-state index is 0.0577. The van der Waals surface area contributed by atoms with E-state index in [1.165, 1.54) is 0 Å². The van der Waals surface area contributed by atoms with Crippen LogP contribution in [0.2, 0.25) is 0 Å². The van der Waals surface area contributed by atoms with Gasteiger partial charge in [-0.25, -0.2) is 0 Å². The molecule has 2 atom stereocenters. The molecular weight excluding hydrogens is 228 g/mol. The van der Waals surface area contributed by atoms with Crippen LogP contribution in [0.5, 0.6) is 0 Å². The number of methoxy groups -OCH3 is 1. The summed E-state index contributed by atoms with van der Waals surface area (Å²) in [7, 11) is 1.70. The molecule has 98 valence electrons. The van der Waals surface area contributed by atoms with E-state index in [1.807, 2.05) is 36.6 Å². The van der Waals surface area contributed by atoms with E-state index in [2.05, 4.69) is 5.43 Å². The minimum Gasteiger partial charge on any atom is -0.501 e. The molecule has 0 spiro atoms. The Morgan fingerprint density at radius 3 is 2.67 bits per heavy atom. The molecule has 0 aliphatic carbocycles. The number of benzene rings is 1. The Bertz CT molecular complexity index is 392. The summed E-state index contributed by atoms with van der Waals surface area (Å²) in [5.41, 5.74) is 5.11. The Labute approximate surface area is 108 Å². The summed E-state index contributed by atoms with van der Waals surface area (Å²) in [4.78, 5) is 0. The third kappa shape index (κ3) is 2.90. The lowest BCUT2D eigenvalue weighted by Gasteiger charge is -2.29. The van der Waals surface area contributed by atoms with Crippen molar-refractivity contribution < 1.29 is 9.47 Å². The normalized spacial score (nSPS) is 18.7. The van der Waals surface area contributed by atoms with Gasteiger partial charge in [-0.2, -0.15) is 0 Å². The van der Waals surface area contributed by atoms with Crippen molar-refractivity contribution in [3.63, 3.8) is 0 Å². The first-order valence-corrected chi connectivity index (χ1v) is 6.21. The van der Waals surface area contributed by atoms with Crippen molar-refractivity contribution in [3.05, 3.63) is 47.7 Å². The van der Waals surface area contributed by atoms with Gasteiger partial charge in [-0.1, -0.05) is 30.3 Å². The first-order valence-electron chi connectivity index (χ1n) is 6.21. The van der Waals surface area contributed by atoms with Crippen LogP contribution in [0.1, 0.15) is 24.5 Å². The molecule has 0 aromatic heterocycles. The van der Waals surface area contributed by atoms with Crippen LogP contribution < -0.4 is 11.3 Å². The zero-order valence-corrected chi connectivity index (χ0v) is 10.6. The zero-order valence-electron chi connectivity index (χ0n) is 10.6. The van der Waals surface area contributed by atoms with Crippen molar-refractivity contribution in [3.8, 4) is 0 Å². The van der Waals surface area contributed by atoms with E-state index in [0.717, 1.165) is 30.6 Å². The fourth-order valence-corrected chi connectivity index (χ4v) is 2.31. The highest BCUT2D eigenvalue weighted by Crippen LogP contribution is 2.28. The number of rotatable bonds is 5. The van der Waals surface area contributed by atoms with Crippen LogP contribution in [0, 0.1) is 0 Å². The number of hydrazine groups is 1. The van der Waals surface area contributed by atoms with Crippen molar-refractivity contribution >= 4 is 0 Å². The van der Waals surface area contributed by atoms with Crippen LogP contribution >= 0.6 is 0 Å². The summed E-state index contributed by atoms with van der Waals surface area (Å²) in [5, 5.41) is 0. The van der Waals surface area contributed by atoms with Gasteiger partial charge in [0.05, 0.1) is 18.9 Å². The van der Waals surface area contributed by atoms with Crippen LogP contribution in [0.4, 0.5) is 0 Å². The Balaban J connectivity index is 2.21. The van der Waals surface area contributed by atoms with Gasteiger partial charge in [0.15, 0.2) is 0 Å². The minimum atomic E-state index is -0.107. The van der Waals surface area contributed by atoms with Crippen LogP contribution in [-0.4, -0.2) is 19.8 Å². The van der Waals surface area contributed by atoms with Crippen molar-refractivity contribution in [2.24, 2.45) is 5.84 Å². The largest absolute Gasteiger partial charge is 0.501 e. The summed E-state index contributed by atoms with van der Waals surface area (Å²) < 4.78 is 11.0. The lowest BCUT2D eigenvalue weighted by molar-refractivity contribution is 0.0739. The monoisotopic (exact) mass is 248 g/mol. The Morgan fingerprint density at radius 1 is 1.33 bits per heavy atom. The zero-order chi connectivity index (χ0) is 12.8. The number of hydrogen-bond acceptors (Lipinski definition) is 4. The smallest absolute Gasteiger partial charge is 0.103 e. The van der Waals surface area contributed by atoms with E-state index in [-0.39, 0.29) is 12.1 Å². The summed E-state index contributed by atoms with van der Waals surface area (Å²) in [6.45, 7) is 0.782. The molecule has 0 saturated heterocycles. The number of ether oxygens (including phenoxy) is 2. The average molecular weight is 248 g/mol. The lowest BCUT2D eigenvalue weighted by Crippen LogP contribution is -2.42. The van der Waals surface area contributed by atoms with E-state index < -0.39 is 0 Å². The number of nitrogens with one attached hydrogen (secondary N) is 1. The van der Waals surface area contributed by atoms with Gasteiger partial charge in [0.1, 0.15) is 6.10 Å². The second kappa shape index (κ2) is 6.54. The van der Waals surface area contributed by atoms with E-state index in [4.69, 9.17) is 15.3 Å². The average Bonchev–Trinajstić information content (AvgIpc) is 2.46. The first-order chi connectivity index (χ1) is 8.86. The second-order valence-electron chi connectivity index (χ2n) is 4.38. The van der Waals surface area contributed by atoms with Crippen molar-refractivity contribution in [1.29, 1.82) is 0 Å². The molecule has 3 N–H and O–H groups in total. The van der Waals surface area contributed by atoms with Gasteiger partial charge in [0.25, 0.3) is 0 Å². The molecule has 4 nitrogen and oxygen atoms in total. The summed E-state index contributed by atoms with van der Waals surface area (Å²) in [6, 6.07) is 10.0. The predicted molar refractivity (Wildman–Crippen MR) is 70.6 cm³/mol. The van der Waals surface area contributed by atoms with Crippen molar-refractivity contribution in [2.75, 3.05) is 13.7 Å². The maximum absolute atomic E-state index is 5.69. The predicted octanol–water partition coefficient (Wildman–Crippen LogP) is 1.90. The first kappa shape index (κ1) is 13.1. The van der Waals surface area contributed by atoms with Crippen LogP contribution in [0.25, 0.3) is 0 Å². The van der Waals surface area contributed by atoms with Gasteiger partial charge in [0, 0.05) is 7.11 Å². The molecule has 18 heavy (non-hydrogen) atoms. The quantitative estimate of drug-likeness (QED) is 0.617. The molecule has 0 radical (unpaired) electrons. The molecule has 1 aliphatic rings. The molecule has 1 heterocycles. The maximum atomic E-state index is 5.69. The SMILES string of the molecule is COC(c1ccccc1)C(NN)C1=COCCC1. The molecule has 4 heteroatoms. The van der Waals surface area contributed by atoms with Crippen LogP contribution in [-0.2, 0) is 9.47 Å². The topological polar surface area (TPSA) is 56.5 Å². The van der Waals surface area contributed by atoms with Crippen LogP contribution in [0.15, 0.2) is 42.2 Å². The lowest BCUT2D eigenvalue weighted by atomic mass is 9.93. The number of nitrogens with two attached hydrogens (primary N) is 1. The molecule has 1 aliphatic heterocycles.